The lowest BCUT2D eigenvalue weighted by molar-refractivity contribution is 0.0695. The summed E-state index contributed by atoms with van der Waals surface area (Å²) in [6.45, 7) is 0. The predicted octanol–water partition coefficient (Wildman–Crippen LogP) is 4.70. The largest absolute Gasteiger partial charge is 0.478 e. The van der Waals surface area contributed by atoms with Crippen LogP contribution in [-0.4, -0.2) is 30.5 Å². The van der Waals surface area contributed by atoms with Crippen LogP contribution < -0.4 is 0 Å². The molecule has 0 fully saturated rings. The zero-order valence-corrected chi connectivity index (χ0v) is 16.8. The van der Waals surface area contributed by atoms with Crippen molar-refractivity contribution in [2.75, 3.05) is 0 Å². The Morgan fingerprint density at radius 2 is 1.54 bits per heavy atom. The van der Waals surface area contributed by atoms with Crippen molar-refractivity contribution < 1.29 is 18.9 Å². The zero-order valence-electron chi connectivity index (χ0n) is 11.3. The minimum absolute atomic E-state index is 0.141. The summed E-state index contributed by atoms with van der Waals surface area (Å²) in [7, 11) is 7.36. The molecule has 130 valence electrons. The molecular formula is C12H7BrCl4N2O4S. The van der Waals surface area contributed by atoms with Gasteiger partial charge in [-0.25, -0.2) is 19.0 Å². The Labute approximate surface area is 166 Å². The molecule has 2 aromatic heterocycles. The number of carboxylic acid groups (broad SMARTS) is 1. The van der Waals surface area contributed by atoms with E-state index < -0.39 is 20.4 Å². The van der Waals surface area contributed by atoms with E-state index >= 15 is 0 Å². The fourth-order valence-electron chi connectivity index (χ4n) is 1.08. The second-order valence-corrected chi connectivity index (χ2v) is 7.42. The van der Waals surface area contributed by atoms with Gasteiger partial charge in [-0.05, 0) is 51.8 Å². The van der Waals surface area contributed by atoms with E-state index in [1.807, 2.05) is 0 Å². The highest BCUT2D eigenvalue weighted by atomic mass is 79.9. The molecule has 24 heavy (non-hydrogen) atoms. The van der Waals surface area contributed by atoms with E-state index in [1.165, 1.54) is 24.5 Å². The molecule has 0 saturated carbocycles. The van der Waals surface area contributed by atoms with E-state index in [0.717, 1.165) is 0 Å². The van der Waals surface area contributed by atoms with Crippen LogP contribution in [0, 0.1) is 0 Å². The van der Waals surface area contributed by atoms with E-state index in [1.54, 1.807) is 12.1 Å². The summed E-state index contributed by atoms with van der Waals surface area (Å²) in [5.74, 6) is -0.972. The van der Waals surface area contributed by atoms with Crippen LogP contribution in [0.3, 0.4) is 0 Å². The molecule has 0 amide bonds. The standard InChI is InChI=1S/C6H4BrNO2.C6H3Cl2NO.Cl2OS/c7-5-4(6(9)10)2-1-3-8-5;7-5-4(6(8)10)2-1-3-9-5;1-4(2)3/h1-3H,(H,9,10);1-3H;. The number of pyridine rings is 2. The Hall–Kier alpha value is -0.770. The monoisotopic (exact) mass is 494 g/mol. The Morgan fingerprint density at radius 1 is 1.08 bits per heavy atom. The molecule has 0 aliphatic heterocycles. The maximum absolute atomic E-state index is 10.5. The normalized spacial score (nSPS) is 9.25. The fraction of sp³-hybridized carbons (Fsp3) is 0. The van der Waals surface area contributed by atoms with Crippen LogP contribution in [0.4, 0.5) is 0 Å². The molecule has 0 radical (unpaired) electrons. The van der Waals surface area contributed by atoms with Crippen LogP contribution in [0.5, 0.6) is 0 Å². The quantitative estimate of drug-likeness (QED) is 0.478. The third-order valence-corrected chi connectivity index (χ3v) is 3.10. The van der Waals surface area contributed by atoms with Gasteiger partial charge >= 0.3 is 5.97 Å². The van der Waals surface area contributed by atoms with E-state index in [0.29, 0.717) is 4.60 Å². The van der Waals surface area contributed by atoms with Gasteiger partial charge in [-0.1, -0.05) is 11.6 Å². The summed E-state index contributed by atoms with van der Waals surface area (Å²) in [6.07, 6.45) is 3.02. The van der Waals surface area contributed by atoms with Crippen molar-refractivity contribution >= 4 is 80.9 Å². The number of hydrogen-bond donors (Lipinski definition) is 1. The van der Waals surface area contributed by atoms with E-state index in [2.05, 4.69) is 47.3 Å². The first-order valence-corrected chi connectivity index (χ1v) is 9.90. The Bertz CT molecular complexity index is 676. The van der Waals surface area contributed by atoms with Crippen LogP contribution in [0.1, 0.15) is 20.7 Å². The molecule has 2 aromatic rings. The van der Waals surface area contributed by atoms with Crippen molar-refractivity contribution in [1.82, 2.24) is 9.97 Å². The average Bonchev–Trinajstić information content (AvgIpc) is 2.47. The van der Waals surface area contributed by atoms with Crippen molar-refractivity contribution in [2.45, 2.75) is 0 Å². The average molecular weight is 497 g/mol. The molecule has 0 aliphatic rings. The molecule has 0 bridgehead atoms. The summed E-state index contributed by atoms with van der Waals surface area (Å²) in [5, 5.41) is 8.05. The first kappa shape index (κ1) is 23.2. The number of aromatic carboxylic acids is 1. The van der Waals surface area contributed by atoms with Crippen molar-refractivity contribution in [3.63, 3.8) is 0 Å². The number of carbonyl (C=O) groups excluding carboxylic acids is 1. The minimum atomic E-state index is -1.67. The van der Waals surface area contributed by atoms with Gasteiger partial charge in [-0.2, -0.15) is 0 Å². The van der Waals surface area contributed by atoms with Crippen molar-refractivity contribution in [3.05, 3.63) is 57.5 Å². The first-order valence-electron chi connectivity index (χ1n) is 5.55. The van der Waals surface area contributed by atoms with Gasteiger partial charge in [0.15, 0.2) is 0 Å². The molecule has 0 unspecified atom stereocenters. The molecule has 2 heterocycles. The van der Waals surface area contributed by atoms with E-state index in [-0.39, 0.29) is 16.3 Å². The highest BCUT2D eigenvalue weighted by Gasteiger charge is 2.06. The molecule has 0 spiro atoms. The van der Waals surface area contributed by atoms with Crippen LogP contribution in [0.2, 0.25) is 5.15 Å². The number of rotatable bonds is 2. The third-order valence-electron chi connectivity index (χ3n) is 1.96. The smallest absolute Gasteiger partial charge is 0.338 e. The van der Waals surface area contributed by atoms with Gasteiger partial charge in [-0.15, -0.1) is 0 Å². The predicted molar refractivity (Wildman–Crippen MR) is 98.2 cm³/mol. The second kappa shape index (κ2) is 12.6. The van der Waals surface area contributed by atoms with Gasteiger partial charge in [0, 0.05) is 33.8 Å². The van der Waals surface area contributed by atoms with Gasteiger partial charge in [0.05, 0.1) is 11.1 Å². The topological polar surface area (TPSA) is 97.2 Å². The third kappa shape index (κ3) is 10.2. The van der Waals surface area contributed by atoms with E-state index in [9.17, 15) is 9.59 Å². The lowest BCUT2D eigenvalue weighted by Gasteiger charge is -1.93. The van der Waals surface area contributed by atoms with Gasteiger partial charge in [0.1, 0.15) is 9.76 Å². The Kier molecular flexibility index (Phi) is 12.2. The molecule has 0 aromatic carbocycles. The summed E-state index contributed by atoms with van der Waals surface area (Å²) >= 11 is 13.7. The first-order chi connectivity index (χ1) is 11.2. The molecular weight excluding hydrogens is 490 g/mol. The molecule has 0 atom stereocenters. The number of aromatic nitrogens is 2. The number of carbonyl (C=O) groups is 2. The van der Waals surface area contributed by atoms with Gasteiger partial charge in [0.25, 0.3) is 5.24 Å². The van der Waals surface area contributed by atoms with Gasteiger partial charge < -0.3 is 5.11 Å². The number of hydrogen-bond acceptors (Lipinski definition) is 5. The van der Waals surface area contributed by atoms with E-state index in [4.69, 9.17) is 32.5 Å². The summed E-state index contributed by atoms with van der Waals surface area (Å²) in [6, 6.07) is 6.18. The number of halogens is 5. The molecule has 1 N–H and O–H groups in total. The zero-order chi connectivity index (χ0) is 18.7. The maximum atomic E-state index is 10.5. The molecule has 0 saturated heterocycles. The fourth-order valence-corrected chi connectivity index (χ4v) is 1.90. The van der Waals surface area contributed by atoms with Crippen molar-refractivity contribution in [1.29, 1.82) is 0 Å². The molecule has 0 aliphatic carbocycles. The van der Waals surface area contributed by atoms with Gasteiger partial charge in [0.2, 0.25) is 9.23 Å². The van der Waals surface area contributed by atoms with Crippen LogP contribution >= 0.6 is 60.5 Å². The van der Waals surface area contributed by atoms with Crippen LogP contribution in [-0.2, 0) is 9.23 Å². The highest BCUT2D eigenvalue weighted by Crippen LogP contribution is 2.13. The molecule has 2 rings (SSSR count). The summed E-state index contributed by atoms with van der Waals surface area (Å²) in [5.41, 5.74) is 0.424. The van der Waals surface area contributed by atoms with Crippen molar-refractivity contribution in [2.24, 2.45) is 0 Å². The van der Waals surface area contributed by atoms with Crippen LogP contribution in [0.25, 0.3) is 0 Å². The lowest BCUT2D eigenvalue weighted by atomic mass is 10.3. The summed E-state index contributed by atoms with van der Waals surface area (Å²) in [4.78, 5) is 28.3. The molecule has 12 heteroatoms. The van der Waals surface area contributed by atoms with Gasteiger partial charge in [-0.3, -0.25) is 4.79 Å². The summed E-state index contributed by atoms with van der Waals surface area (Å²) < 4.78 is 9.45. The van der Waals surface area contributed by atoms with Crippen molar-refractivity contribution in [3.8, 4) is 0 Å². The lowest BCUT2D eigenvalue weighted by Crippen LogP contribution is -1.97. The highest BCUT2D eigenvalue weighted by molar-refractivity contribution is 9.10. The Morgan fingerprint density at radius 3 is 1.83 bits per heavy atom. The number of nitrogens with zero attached hydrogens (tertiary/aromatic N) is 2. The second-order valence-electron chi connectivity index (χ2n) is 3.45. The van der Waals surface area contributed by atoms with Crippen LogP contribution in [0.15, 0.2) is 41.3 Å². The number of carboxylic acids is 1. The molecule has 6 nitrogen and oxygen atoms in total. The maximum Gasteiger partial charge on any atom is 0.338 e. The Balaban J connectivity index is 0.000000363. The minimum Gasteiger partial charge on any atom is -0.478 e. The SMILES string of the molecule is O=C(Cl)c1cccnc1Cl.O=C(O)c1cccnc1Br.O=S(Cl)Cl.